The van der Waals surface area contributed by atoms with Crippen molar-refractivity contribution in [1.29, 1.82) is 0 Å². The van der Waals surface area contributed by atoms with Gasteiger partial charge in [0.05, 0.1) is 28.3 Å². The number of imidazole rings is 1. The number of hydrogen-bond acceptors (Lipinski definition) is 6. The van der Waals surface area contributed by atoms with Gasteiger partial charge in [-0.25, -0.2) is 9.37 Å². The molecule has 1 fully saturated rings. The summed E-state index contributed by atoms with van der Waals surface area (Å²) < 4.78 is 22.4. The molecule has 2 aliphatic rings. The number of carbonyl (C=O) groups is 1. The predicted octanol–water partition coefficient (Wildman–Crippen LogP) is 5.08. The van der Waals surface area contributed by atoms with Crippen LogP contribution in [0.15, 0.2) is 36.7 Å². The van der Waals surface area contributed by atoms with Gasteiger partial charge in [0.25, 0.3) is 5.91 Å². The van der Waals surface area contributed by atoms with Crippen molar-refractivity contribution < 1.29 is 24.1 Å². The van der Waals surface area contributed by atoms with Gasteiger partial charge >= 0.3 is 0 Å². The van der Waals surface area contributed by atoms with E-state index in [-0.39, 0.29) is 29.4 Å². The molecule has 2 aliphatic carbocycles. The van der Waals surface area contributed by atoms with Crippen molar-refractivity contribution in [2.75, 3.05) is 11.9 Å². The summed E-state index contributed by atoms with van der Waals surface area (Å²) in [7, 11) is 3.52. The molecular formula is C29H37ClFN5O4. The highest BCUT2D eigenvalue weighted by Gasteiger charge is 2.49. The van der Waals surface area contributed by atoms with Gasteiger partial charge in [-0.15, -0.1) is 5.10 Å². The highest BCUT2D eigenvalue weighted by molar-refractivity contribution is 6.31. The van der Waals surface area contributed by atoms with Gasteiger partial charge in [-0.1, -0.05) is 31.5 Å². The summed E-state index contributed by atoms with van der Waals surface area (Å²) >= 11 is 5.86. The molecule has 2 heterocycles. The van der Waals surface area contributed by atoms with Gasteiger partial charge in [0.1, 0.15) is 23.7 Å². The maximum Gasteiger partial charge on any atom is 0.274 e. The van der Waals surface area contributed by atoms with Gasteiger partial charge in [-0.05, 0) is 68.7 Å². The fourth-order valence-electron chi connectivity index (χ4n) is 5.53. The van der Waals surface area contributed by atoms with E-state index in [2.05, 4.69) is 21.5 Å². The number of amides is 1. The number of ether oxygens (including phenoxy) is 1. The molecule has 0 saturated heterocycles. The molecule has 1 amide bonds. The van der Waals surface area contributed by atoms with E-state index < -0.39 is 17.0 Å². The van der Waals surface area contributed by atoms with E-state index in [9.17, 15) is 19.4 Å². The van der Waals surface area contributed by atoms with Crippen LogP contribution < -0.4 is 10.1 Å². The van der Waals surface area contributed by atoms with Crippen LogP contribution in [0.1, 0.15) is 68.8 Å². The van der Waals surface area contributed by atoms with Crippen molar-refractivity contribution in [3.63, 3.8) is 0 Å². The first kappa shape index (κ1) is 29.8. The monoisotopic (exact) mass is 573 g/mol. The Morgan fingerprint density at radius 3 is 2.65 bits per heavy atom. The minimum atomic E-state index is -1.07. The van der Waals surface area contributed by atoms with Crippen LogP contribution in [0.4, 0.5) is 10.1 Å². The number of nitrogens with one attached hydrogen (secondary N) is 1. The Bertz CT molecular complexity index is 1430. The van der Waals surface area contributed by atoms with Gasteiger partial charge in [0.2, 0.25) is 5.88 Å². The van der Waals surface area contributed by atoms with Crippen molar-refractivity contribution in [1.82, 2.24) is 19.3 Å². The topological polar surface area (TPSA) is 114 Å². The molecule has 9 nitrogen and oxygen atoms in total. The maximum atomic E-state index is 13.5. The molecule has 40 heavy (non-hydrogen) atoms. The Hall–Kier alpha value is -3.21. The molecule has 0 aliphatic heterocycles. The highest BCUT2D eigenvalue weighted by Crippen LogP contribution is 2.53. The Morgan fingerprint density at radius 1 is 1.27 bits per heavy atom. The Kier molecular flexibility index (Phi) is 8.44. The Labute approximate surface area is 238 Å². The standard InChI is InChI=1S/C27H31ClFN5O4.C2H6/c1-26(2,36)13-38-22-10-21(34(4)32-22)27(37)11-16-7-15(8-17(16)12-27)23-24(33(3)14-30-23)25(35)31-18-5-6-20(29)19(28)9-18;1-2/h5-7,9-10,14,16-17,36-37H,8,11-13H2,1-4H3,(H,31,35);1-2H3/t16?,17?,27-;/m1./s1. The number of aliphatic hydroxyl groups is 2. The lowest BCUT2D eigenvalue weighted by Gasteiger charge is -2.23. The smallest absolute Gasteiger partial charge is 0.274 e. The van der Waals surface area contributed by atoms with Crippen LogP contribution in [-0.4, -0.2) is 47.7 Å². The van der Waals surface area contributed by atoms with Crippen LogP contribution in [0.25, 0.3) is 5.57 Å². The zero-order valence-corrected chi connectivity index (χ0v) is 24.5. The lowest BCUT2D eigenvalue weighted by molar-refractivity contribution is 0.0266. The first-order chi connectivity index (χ1) is 18.8. The van der Waals surface area contributed by atoms with E-state index in [1.165, 1.54) is 18.2 Å². The van der Waals surface area contributed by atoms with Crippen molar-refractivity contribution in [2.45, 2.75) is 58.2 Å². The van der Waals surface area contributed by atoms with E-state index in [1.54, 1.807) is 49.6 Å². The second kappa shape index (κ2) is 11.3. The molecule has 2 aromatic heterocycles. The van der Waals surface area contributed by atoms with Gasteiger partial charge in [-0.2, -0.15) is 0 Å². The molecule has 0 bridgehead atoms. The van der Waals surface area contributed by atoms with Crippen molar-refractivity contribution in [3.8, 4) is 5.88 Å². The average molecular weight is 574 g/mol. The summed E-state index contributed by atoms with van der Waals surface area (Å²) in [6.07, 6.45) is 5.42. The summed E-state index contributed by atoms with van der Waals surface area (Å²) in [6.45, 7) is 7.40. The molecule has 1 saturated carbocycles. The average Bonchev–Trinajstić information content (AvgIpc) is 3.62. The number of nitrogens with zero attached hydrogens (tertiary/aromatic N) is 4. The van der Waals surface area contributed by atoms with Crippen LogP contribution in [0, 0.1) is 17.7 Å². The number of halogens is 2. The number of carbonyl (C=O) groups excluding carboxylic acids is 1. The third-order valence-electron chi connectivity index (χ3n) is 7.22. The summed E-state index contributed by atoms with van der Waals surface area (Å²) in [5, 5.41) is 28.6. The van der Waals surface area contributed by atoms with Crippen LogP contribution in [-0.2, 0) is 19.7 Å². The van der Waals surface area contributed by atoms with E-state index in [4.69, 9.17) is 16.3 Å². The molecular weight excluding hydrogens is 537 g/mol. The van der Waals surface area contributed by atoms with Crippen LogP contribution >= 0.6 is 11.6 Å². The number of anilines is 1. The molecule has 3 N–H and O–H groups in total. The summed E-state index contributed by atoms with van der Waals surface area (Å²) in [6, 6.07) is 5.76. The first-order valence-electron chi connectivity index (χ1n) is 13.4. The van der Waals surface area contributed by atoms with Crippen LogP contribution in [0.2, 0.25) is 5.02 Å². The van der Waals surface area contributed by atoms with Gasteiger partial charge in [0, 0.05) is 25.8 Å². The maximum absolute atomic E-state index is 13.5. The van der Waals surface area contributed by atoms with E-state index in [1.807, 2.05) is 13.8 Å². The molecule has 2 unspecified atom stereocenters. The van der Waals surface area contributed by atoms with Gasteiger partial charge < -0.3 is 24.8 Å². The van der Waals surface area contributed by atoms with Crippen LogP contribution in [0.5, 0.6) is 5.88 Å². The zero-order chi connectivity index (χ0) is 29.4. The molecule has 11 heteroatoms. The molecule has 216 valence electrons. The lowest BCUT2D eigenvalue weighted by atomic mass is 9.93. The summed E-state index contributed by atoms with van der Waals surface area (Å²) in [5.41, 5.74) is 0.950. The highest BCUT2D eigenvalue weighted by atomic mass is 35.5. The number of rotatable bonds is 7. The number of hydrogen-bond donors (Lipinski definition) is 3. The van der Waals surface area contributed by atoms with Crippen molar-refractivity contribution in [3.05, 3.63) is 64.6 Å². The molecule has 3 atom stereocenters. The third-order valence-corrected chi connectivity index (χ3v) is 7.51. The third kappa shape index (κ3) is 6.09. The first-order valence-corrected chi connectivity index (χ1v) is 13.8. The second-order valence-corrected chi connectivity index (χ2v) is 11.4. The summed E-state index contributed by atoms with van der Waals surface area (Å²) in [4.78, 5) is 17.7. The zero-order valence-electron chi connectivity index (χ0n) is 23.7. The van der Waals surface area contributed by atoms with Crippen LogP contribution in [0.3, 0.4) is 0 Å². The lowest BCUT2D eigenvalue weighted by Crippen LogP contribution is -2.28. The fourth-order valence-corrected chi connectivity index (χ4v) is 5.71. The second-order valence-electron chi connectivity index (χ2n) is 11.0. The Morgan fingerprint density at radius 2 is 2.00 bits per heavy atom. The van der Waals surface area contributed by atoms with Crippen molar-refractivity contribution in [2.24, 2.45) is 25.9 Å². The minimum absolute atomic E-state index is 0.0730. The predicted molar refractivity (Wildman–Crippen MR) is 152 cm³/mol. The number of aryl methyl sites for hydroxylation is 2. The molecule has 0 radical (unpaired) electrons. The fraction of sp³-hybridized carbons (Fsp3) is 0.483. The quantitative estimate of drug-likeness (QED) is 0.363. The number of fused-ring (bicyclic) bond motifs is 1. The Balaban J connectivity index is 0.00000181. The number of benzene rings is 1. The molecule has 0 spiro atoms. The van der Waals surface area contributed by atoms with Gasteiger partial charge in [-0.3, -0.25) is 9.48 Å². The number of allylic oxidation sites excluding steroid dienone is 2. The van der Waals surface area contributed by atoms with E-state index in [0.717, 1.165) is 5.57 Å². The number of aromatic nitrogens is 4. The minimum Gasteiger partial charge on any atom is -0.474 e. The largest absolute Gasteiger partial charge is 0.474 e. The van der Waals surface area contributed by atoms with E-state index >= 15 is 0 Å². The van der Waals surface area contributed by atoms with E-state index in [0.29, 0.717) is 47.9 Å². The molecule has 3 aromatic rings. The van der Waals surface area contributed by atoms with Crippen molar-refractivity contribution >= 4 is 28.8 Å². The molecule has 5 rings (SSSR count). The van der Waals surface area contributed by atoms with Gasteiger partial charge in [0.15, 0.2) is 0 Å². The molecule has 1 aromatic carbocycles. The normalized spacial score (nSPS) is 21.9. The SMILES string of the molecule is CC.Cn1cnc(C2=CC3C[C@](O)(c4cc(OCC(C)(C)O)nn4C)CC3C2)c1C(=O)Nc1ccc(F)c(Cl)c1. The summed E-state index contributed by atoms with van der Waals surface area (Å²) in [5.74, 6) is -0.278.